The Bertz CT molecular complexity index is 841. The van der Waals surface area contributed by atoms with Crippen LogP contribution in [0.4, 0.5) is 5.69 Å². The topological polar surface area (TPSA) is 88.9 Å². The molecule has 148 valence electrons. The Kier molecular flexibility index (Phi) is 6.59. The van der Waals surface area contributed by atoms with Crippen LogP contribution in [0.2, 0.25) is 10.0 Å². The molecule has 1 aliphatic rings. The number of hydrogen-bond acceptors (Lipinski definition) is 5. The number of hydrogen-bond donors (Lipinski definition) is 1. The van der Waals surface area contributed by atoms with Crippen LogP contribution in [0, 0.1) is 5.92 Å². The number of amides is 2. The Morgan fingerprint density at radius 3 is 2.39 bits per heavy atom. The first kappa shape index (κ1) is 20.2. The van der Waals surface area contributed by atoms with E-state index in [0.717, 1.165) is 0 Å². The third-order valence-electron chi connectivity index (χ3n) is 4.42. The van der Waals surface area contributed by atoms with Gasteiger partial charge in [0.25, 0.3) is 11.8 Å². The average molecular weight is 425 g/mol. The Morgan fingerprint density at radius 1 is 1.11 bits per heavy atom. The van der Waals surface area contributed by atoms with Crippen molar-refractivity contribution in [2.75, 3.05) is 25.0 Å². The maximum absolute atomic E-state index is 12.2. The zero-order valence-electron chi connectivity index (χ0n) is 14.8. The number of halogens is 2. The maximum atomic E-state index is 12.2. The summed E-state index contributed by atoms with van der Waals surface area (Å²) in [6.45, 7) is 0.396. The van der Waals surface area contributed by atoms with Crippen LogP contribution >= 0.6 is 23.2 Å². The number of carbonyl (C=O) groups excluding carboxylic acids is 3. The summed E-state index contributed by atoms with van der Waals surface area (Å²) in [5, 5.41) is 3.12. The number of nitrogens with zero attached hydrogens (tertiary/aromatic N) is 1. The predicted molar refractivity (Wildman–Crippen MR) is 103 cm³/mol. The van der Waals surface area contributed by atoms with E-state index in [2.05, 4.69) is 5.32 Å². The highest BCUT2D eigenvalue weighted by atomic mass is 35.5. The van der Waals surface area contributed by atoms with Gasteiger partial charge in [-0.1, -0.05) is 29.3 Å². The fourth-order valence-electron chi connectivity index (χ4n) is 2.92. The van der Waals surface area contributed by atoms with Gasteiger partial charge in [-0.25, -0.2) is 0 Å². The summed E-state index contributed by atoms with van der Waals surface area (Å²) in [5.41, 5.74) is 0.275. The van der Waals surface area contributed by atoms with Crippen LogP contribution in [-0.2, 0) is 14.3 Å². The molecule has 9 heteroatoms. The molecule has 0 atom stereocenters. The molecule has 0 spiro atoms. The molecule has 1 N–H and O–H groups in total. The third-order valence-corrected chi connectivity index (χ3v) is 5.05. The molecular weight excluding hydrogens is 407 g/mol. The van der Waals surface area contributed by atoms with Crippen LogP contribution in [-0.4, -0.2) is 42.4 Å². The van der Waals surface area contributed by atoms with E-state index < -0.39 is 18.5 Å². The molecule has 2 heterocycles. The molecule has 2 amide bonds. The molecule has 7 nitrogen and oxygen atoms in total. The lowest BCUT2D eigenvalue weighted by molar-refractivity contribution is -0.152. The second-order valence-electron chi connectivity index (χ2n) is 6.30. The number of nitrogens with one attached hydrogen (secondary N) is 1. The SMILES string of the molecule is O=C(COC(=O)C1CCN(C(=O)c2ccco2)CC1)Nc1c(Cl)cccc1Cl. The highest BCUT2D eigenvalue weighted by Gasteiger charge is 2.30. The number of furan rings is 1. The van der Waals surface area contributed by atoms with E-state index in [1.807, 2.05) is 0 Å². The second-order valence-corrected chi connectivity index (χ2v) is 7.11. The fraction of sp³-hybridized carbons (Fsp3) is 0.316. The van der Waals surface area contributed by atoms with E-state index >= 15 is 0 Å². The van der Waals surface area contributed by atoms with Gasteiger partial charge in [0, 0.05) is 13.1 Å². The number of carbonyl (C=O) groups is 3. The predicted octanol–water partition coefficient (Wildman–Crippen LogP) is 3.62. The first-order valence-electron chi connectivity index (χ1n) is 8.69. The van der Waals surface area contributed by atoms with Gasteiger partial charge < -0.3 is 19.4 Å². The minimum Gasteiger partial charge on any atom is -0.459 e. The number of para-hydroxylation sites is 1. The zero-order valence-corrected chi connectivity index (χ0v) is 16.3. The lowest BCUT2D eigenvalue weighted by atomic mass is 9.97. The maximum Gasteiger partial charge on any atom is 0.309 e. The molecule has 0 unspecified atom stereocenters. The number of likely N-dealkylation sites (tertiary alicyclic amines) is 1. The molecule has 2 aromatic rings. The summed E-state index contributed by atoms with van der Waals surface area (Å²) in [5.74, 6) is -1.29. The third kappa shape index (κ3) is 4.85. The van der Waals surface area contributed by atoms with Gasteiger partial charge >= 0.3 is 5.97 Å². The molecule has 1 aromatic heterocycles. The van der Waals surface area contributed by atoms with Crippen molar-refractivity contribution in [1.29, 1.82) is 0 Å². The molecule has 1 fully saturated rings. The van der Waals surface area contributed by atoms with Crippen molar-refractivity contribution in [2.45, 2.75) is 12.8 Å². The van der Waals surface area contributed by atoms with Crippen molar-refractivity contribution in [2.24, 2.45) is 5.92 Å². The quantitative estimate of drug-likeness (QED) is 0.740. The van der Waals surface area contributed by atoms with Crippen molar-refractivity contribution in [1.82, 2.24) is 4.90 Å². The smallest absolute Gasteiger partial charge is 0.309 e. The molecule has 0 radical (unpaired) electrons. The summed E-state index contributed by atoms with van der Waals surface area (Å²) in [7, 11) is 0. The molecule has 0 saturated carbocycles. The molecule has 0 bridgehead atoms. The normalized spacial score (nSPS) is 14.6. The number of anilines is 1. The van der Waals surface area contributed by atoms with Crippen LogP contribution in [0.5, 0.6) is 0 Å². The number of piperidine rings is 1. The lowest BCUT2D eigenvalue weighted by Crippen LogP contribution is -2.40. The molecule has 3 rings (SSSR count). The van der Waals surface area contributed by atoms with Crippen molar-refractivity contribution in [3.05, 3.63) is 52.4 Å². The lowest BCUT2D eigenvalue weighted by Gasteiger charge is -2.30. The van der Waals surface area contributed by atoms with Gasteiger partial charge in [-0.05, 0) is 37.1 Å². The number of ether oxygens (including phenoxy) is 1. The highest BCUT2D eigenvalue weighted by molar-refractivity contribution is 6.39. The van der Waals surface area contributed by atoms with Crippen LogP contribution in [0.1, 0.15) is 23.4 Å². The molecule has 0 aliphatic carbocycles. The molecule has 28 heavy (non-hydrogen) atoms. The first-order chi connectivity index (χ1) is 13.5. The van der Waals surface area contributed by atoms with Gasteiger partial charge in [-0.3, -0.25) is 14.4 Å². The molecule has 1 aliphatic heterocycles. The van der Waals surface area contributed by atoms with Crippen molar-refractivity contribution in [3.63, 3.8) is 0 Å². The molecular formula is C19H18Cl2N2O5. The summed E-state index contributed by atoms with van der Waals surface area (Å²) >= 11 is 12.0. The summed E-state index contributed by atoms with van der Waals surface area (Å²) in [6, 6.07) is 8.09. The average Bonchev–Trinajstić information content (AvgIpc) is 3.23. The van der Waals surface area contributed by atoms with Gasteiger partial charge in [0.05, 0.1) is 27.9 Å². The summed E-state index contributed by atoms with van der Waals surface area (Å²) < 4.78 is 10.2. The summed E-state index contributed by atoms with van der Waals surface area (Å²) in [6.07, 6.45) is 2.37. The van der Waals surface area contributed by atoms with E-state index in [4.69, 9.17) is 32.4 Å². The van der Waals surface area contributed by atoms with Crippen molar-refractivity contribution < 1.29 is 23.5 Å². The van der Waals surface area contributed by atoms with Crippen LogP contribution < -0.4 is 5.32 Å². The first-order valence-corrected chi connectivity index (χ1v) is 9.44. The number of benzene rings is 1. The minimum atomic E-state index is -0.534. The Balaban J connectivity index is 1.44. The van der Waals surface area contributed by atoms with Crippen LogP contribution in [0.3, 0.4) is 0 Å². The monoisotopic (exact) mass is 424 g/mol. The largest absolute Gasteiger partial charge is 0.459 e. The van der Waals surface area contributed by atoms with Gasteiger partial charge in [-0.15, -0.1) is 0 Å². The van der Waals surface area contributed by atoms with Gasteiger partial charge in [0.1, 0.15) is 0 Å². The zero-order chi connectivity index (χ0) is 20.1. The highest BCUT2D eigenvalue weighted by Crippen LogP contribution is 2.29. The number of esters is 1. The standard InChI is InChI=1S/C19H18Cl2N2O5/c20-13-3-1-4-14(21)17(13)22-16(24)11-28-19(26)12-6-8-23(9-7-12)18(25)15-5-2-10-27-15/h1-5,10,12H,6-9,11H2,(H,22,24). The number of rotatable bonds is 5. The van der Waals surface area contributed by atoms with Gasteiger partial charge in [0.2, 0.25) is 0 Å². The Labute approximate surface area is 171 Å². The van der Waals surface area contributed by atoms with Crippen molar-refractivity contribution >= 4 is 46.7 Å². The van der Waals surface area contributed by atoms with E-state index in [1.54, 1.807) is 35.2 Å². The van der Waals surface area contributed by atoms with E-state index in [9.17, 15) is 14.4 Å². The van der Waals surface area contributed by atoms with E-state index in [1.165, 1.54) is 6.26 Å². The van der Waals surface area contributed by atoms with Gasteiger partial charge in [-0.2, -0.15) is 0 Å². The van der Waals surface area contributed by atoms with Gasteiger partial charge in [0.15, 0.2) is 12.4 Å². The fourth-order valence-corrected chi connectivity index (χ4v) is 3.41. The minimum absolute atomic E-state index is 0.201. The van der Waals surface area contributed by atoms with Crippen LogP contribution in [0.15, 0.2) is 41.0 Å². The van der Waals surface area contributed by atoms with Crippen molar-refractivity contribution in [3.8, 4) is 0 Å². The molecule has 1 saturated heterocycles. The van der Waals surface area contributed by atoms with E-state index in [0.29, 0.717) is 36.0 Å². The second kappa shape index (κ2) is 9.12. The Hall–Kier alpha value is -2.51. The molecule has 1 aromatic carbocycles. The Morgan fingerprint density at radius 2 is 1.79 bits per heavy atom. The van der Waals surface area contributed by atoms with Crippen LogP contribution in [0.25, 0.3) is 0 Å². The van der Waals surface area contributed by atoms with E-state index in [-0.39, 0.29) is 23.3 Å². The summed E-state index contributed by atoms with van der Waals surface area (Å²) in [4.78, 5) is 38.1.